The molecule has 3 nitrogen and oxygen atoms in total. The lowest BCUT2D eigenvalue weighted by Gasteiger charge is -2.38. The van der Waals surface area contributed by atoms with Crippen LogP contribution in [0.25, 0.3) is 0 Å². The van der Waals surface area contributed by atoms with Crippen molar-refractivity contribution in [1.82, 2.24) is 4.90 Å². The van der Waals surface area contributed by atoms with Gasteiger partial charge in [-0.3, -0.25) is 4.90 Å². The highest BCUT2D eigenvalue weighted by Gasteiger charge is 2.50. The van der Waals surface area contributed by atoms with Crippen LogP contribution in [0.5, 0.6) is 0 Å². The summed E-state index contributed by atoms with van der Waals surface area (Å²) in [5.41, 5.74) is 0.674. The van der Waals surface area contributed by atoms with E-state index in [9.17, 15) is 4.79 Å². The molecule has 4 heteroatoms. The highest BCUT2D eigenvalue weighted by molar-refractivity contribution is 9.11. The lowest BCUT2D eigenvalue weighted by molar-refractivity contribution is 0.151. The number of cyclic esters (lactones) is 1. The van der Waals surface area contributed by atoms with E-state index in [0.717, 1.165) is 22.9 Å². The van der Waals surface area contributed by atoms with E-state index in [-0.39, 0.29) is 12.0 Å². The number of unbranched alkanes of at least 4 members (excludes halogenated alkanes) is 2. The summed E-state index contributed by atoms with van der Waals surface area (Å²) in [6.07, 6.45) is 6.11. The third kappa shape index (κ3) is 3.79. The quantitative estimate of drug-likeness (QED) is 0.559. The zero-order valence-corrected chi connectivity index (χ0v) is 15.8. The van der Waals surface area contributed by atoms with Crippen molar-refractivity contribution in [2.24, 2.45) is 5.92 Å². The lowest BCUT2D eigenvalue weighted by Crippen LogP contribution is -2.45. The van der Waals surface area contributed by atoms with Crippen LogP contribution in [-0.4, -0.2) is 17.6 Å². The van der Waals surface area contributed by atoms with Gasteiger partial charge in [0.2, 0.25) is 0 Å². The van der Waals surface area contributed by atoms with E-state index in [2.05, 4.69) is 48.8 Å². The van der Waals surface area contributed by atoms with Crippen molar-refractivity contribution >= 4 is 22.0 Å². The first-order chi connectivity index (χ1) is 11.0. The molecule has 1 amide bonds. The Morgan fingerprint density at radius 1 is 1.35 bits per heavy atom. The van der Waals surface area contributed by atoms with E-state index in [1.54, 1.807) is 4.90 Å². The molecule has 1 aliphatic rings. The number of amides is 1. The van der Waals surface area contributed by atoms with Gasteiger partial charge < -0.3 is 4.74 Å². The molecule has 0 unspecified atom stereocenters. The molecule has 23 heavy (non-hydrogen) atoms. The van der Waals surface area contributed by atoms with Crippen molar-refractivity contribution in [1.29, 1.82) is 0 Å². The molecule has 2 rings (SSSR count). The number of hydrogen-bond donors (Lipinski definition) is 0. The molecule has 1 heterocycles. The topological polar surface area (TPSA) is 29.5 Å². The van der Waals surface area contributed by atoms with Gasteiger partial charge in [0.1, 0.15) is 12.1 Å². The predicted molar refractivity (Wildman–Crippen MR) is 97.3 cm³/mol. The maximum Gasteiger partial charge on any atom is 0.414 e. The molecular formula is C19H26BrNO2. The molecule has 1 aromatic carbocycles. The van der Waals surface area contributed by atoms with Gasteiger partial charge in [-0.25, -0.2) is 4.79 Å². The first kappa shape index (κ1) is 18.1. The van der Waals surface area contributed by atoms with Crippen LogP contribution >= 0.6 is 15.9 Å². The zero-order chi connectivity index (χ0) is 16.9. The van der Waals surface area contributed by atoms with Gasteiger partial charge in [-0.05, 0) is 24.3 Å². The normalized spacial score (nSPS) is 21.9. The molecular weight excluding hydrogens is 354 g/mol. The second-order valence-electron chi connectivity index (χ2n) is 6.40. The molecule has 1 aromatic rings. The monoisotopic (exact) mass is 379 g/mol. The molecule has 0 spiro atoms. The van der Waals surface area contributed by atoms with Crippen molar-refractivity contribution in [3.8, 4) is 0 Å². The summed E-state index contributed by atoms with van der Waals surface area (Å²) in [5.74, 6) is 0.239. The zero-order valence-electron chi connectivity index (χ0n) is 14.2. The van der Waals surface area contributed by atoms with Crippen LogP contribution < -0.4 is 0 Å². The summed E-state index contributed by atoms with van der Waals surface area (Å²) in [6.45, 7) is 6.86. The van der Waals surface area contributed by atoms with Crippen LogP contribution in [0, 0.1) is 5.92 Å². The Kier molecular flexibility index (Phi) is 6.28. The summed E-state index contributed by atoms with van der Waals surface area (Å²) in [4.78, 5) is 14.2. The number of carbonyl (C=O) groups is 1. The Labute approximate surface area is 147 Å². The van der Waals surface area contributed by atoms with Gasteiger partial charge in [0.15, 0.2) is 0 Å². The molecule has 0 saturated carbocycles. The number of carbonyl (C=O) groups excluding carboxylic acids is 1. The standard InChI is InChI=1S/C19H26BrNO2/c1-4-5-7-12-17(20)13-21-18(22)23-14-19(21,15(2)3)16-10-8-6-9-11-16/h6,8-11,13,15H,4-5,7,12,14H2,1-3H3/b17-13+/t19-/m1/s1. The molecule has 1 atom stereocenters. The minimum absolute atomic E-state index is 0.239. The lowest BCUT2D eigenvalue weighted by atomic mass is 9.80. The average Bonchev–Trinajstić information content (AvgIpc) is 2.87. The number of nitrogens with zero attached hydrogens (tertiary/aromatic N) is 1. The number of halogens is 1. The first-order valence-corrected chi connectivity index (χ1v) is 9.19. The average molecular weight is 380 g/mol. The highest BCUT2D eigenvalue weighted by atomic mass is 79.9. The van der Waals surface area contributed by atoms with E-state index in [0.29, 0.717) is 6.61 Å². The molecule has 0 aromatic heterocycles. The summed E-state index contributed by atoms with van der Waals surface area (Å²) in [5, 5.41) is 0. The fourth-order valence-electron chi connectivity index (χ4n) is 3.12. The molecule has 0 N–H and O–H groups in total. The van der Waals surface area contributed by atoms with Crippen molar-refractivity contribution in [3.05, 3.63) is 46.6 Å². The Hall–Kier alpha value is -1.29. The van der Waals surface area contributed by atoms with Crippen LogP contribution in [0.2, 0.25) is 0 Å². The summed E-state index contributed by atoms with van der Waals surface area (Å²) in [6, 6.07) is 10.2. The summed E-state index contributed by atoms with van der Waals surface area (Å²) < 4.78 is 6.49. The number of allylic oxidation sites excluding steroid dienone is 1. The largest absolute Gasteiger partial charge is 0.446 e. The smallest absolute Gasteiger partial charge is 0.414 e. The van der Waals surface area contributed by atoms with Gasteiger partial charge in [-0.2, -0.15) is 0 Å². The van der Waals surface area contributed by atoms with Crippen LogP contribution in [0.4, 0.5) is 4.79 Å². The predicted octanol–water partition coefficient (Wildman–Crippen LogP) is 5.81. The fourth-order valence-corrected chi connectivity index (χ4v) is 3.60. The molecule has 1 aliphatic heterocycles. The summed E-state index contributed by atoms with van der Waals surface area (Å²) >= 11 is 3.63. The van der Waals surface area contributed by atoms with E-state index < -0.39 is 5.54 Å². The van der Waals surface area contributed by atoms with Crippen LogP contribution in [-0.2, 0) is 10.3 Å². The number of benzene rings is 1. The van der Waals surface area contributed by atoms with Crippen molar-refractivity contribution in [2.45, 2.75) is 52.0 Å². The highest BCUT2D eigenvalue weighted by Crippen LogP contribution is 2.42. The number of rotatable bonds is 7. The second-order valence-corrected chi connectivity index (χ2v) is 7.42. The van der Waals surface area contributed by atoms with Gasteiger partial charge >= 0.3 is 6.09 Å². The minimum Gasteiger partial charge on any atom is -0.446 e. The Morgan fingerprint density at radius 3 is 2.65 bits per heavy atom. The molecule has 0 radical (unpaired) electrons. The van der Waals surface area contributed by atoms with E-state index in [1.807, 2.05) is 24.4 Å². The van der Waals surface area contributed by atoms with E-state index >= 15 is 0 Å². The van der Waals surface area contributed by atoms with Crippen LogP contribution in [0.3, 0.4) is 0 Å². The second kappa shape index (κ2) is 8.00. The Morgan fingerprint density at radius 2 is 2.04 bits per heavy atom. The Balaban J connectivity index is 2.34. The van der Waals surface area contributed by atoms with Gasteiger partial charge in [0.05, 0.1) is 0 Å². The van der Waals surface area contributed by atoms with Crippen molar-refractivity contribution in [2.75, 3.05) is 6.61 Å². The van der Waals surface area contributed by atoms with Gasteiger partial charge in [0.25, 0.3) is 0 Å². The first-order valence-electron chi connectivity index (χ1n) is 8.40. The number of ether oxygens (including phenoxy) is 1. The maximum absolute atomic E-state index is 12.4. The maximum atomic E-state index is 12.4. The fraction of sp³-hybridized carbons (Fsp3) is 0.526. The summed E-state index contributed by atoms with van der Waals surface area (Å²) in [7, 11) is 0. The van der Waals surface area contributed by atoms with Gasteiger partial charge in [-0.1, -0.05) is 79.9 Å². The van der Waals surface area contributed by atoms with Gasteiger partial charge in [-0.15, -0.1) is 0 Å². The van der Waals surface area contributed by atoms with Crippen molar-refractivity contribution < 1.29 is 9.53 Å². The Bertz CT molecular complexity index is 556. The van der Waals surface area contributed by atoms with E-state index in [1.165, 1.54) is 12.8 Å². The molecule has 1 fully saturated rings. The van der Waals surface area contributed by atoms with Gasteiger partial charge in [0, 0.05) is 10.7 Å². The van der Waals surface area contributed by atoms with Crippen LogP contribution in [0.15, 0.2) is 41.0 Å². The molecule has 1 saturated heterocycles. The SMILES string of the molecule is CCCCC/C(Br)=C\N1C(=O)OC[C@]1(c1ccccc1)C(C)C. The van der Waals surface area contributed by atoms with Crippen molar-refractivity contribution in [3.63, 3.8) is 0 Å². The van der Waals surface area contributed by atoms with E-state index in [4.69, 9.17) is 4.74 Å². The third-order valence-electron chi connectivity index (χ3n) is 4.56. The molecule has 0 aliphatic carbocycles. The molecule has 126 valence electrons. The van der Waals surface area contributed by atoms with Crippen LogP contribution in [0.1, 0.15) is 52.0 Å². The third-order valence-corrected chi connectivity index (χ3v) is 5.16. The minimum atomic E-state index is -0.442. The number of hydrogen-bond acceptors (Lipinski definition) is 2. The molecule has 0 bridgehead atoms.